The van der Waals surface area contributed by atoms with E-state index in [4.69, 9.17) is 29.6 Å². The molecule has 2 amide bonds. The number of amides is 2. The van der Waals surface area contributed by atoms with Crippen molar-refractivity contribution in [2.75, 3.05) is 12.8 Å². The fourth-order valence-electron chi connectivity index (χ4n) is 4.53. The van der Waals surface area contributed by atoms with E-state index in [0.29, 0.717) is 40.8 Å². The molecular weight excluding hydrogens is 575 g/mol. The summed E-state index contributed by atoms with van der Waals surface area (Å²) in [7, 11) is -3.50. The highest BCUT2D eigenvalue weighted by atomic mass is 35.5. The highest BCUT2D eigenvalue weighted by molar-refractivity contribution is 7.90. The van der Waals surface area contributed by atoms with Gasteiger partial charge in [-0.25, -0.2) is 13.2 Å². The van der Waals surface area contributed by atoms with E-state index in [-0.39, 0.29) is 39.4 Å². The molecule has 0 aliphatic carbocycles. The van der Waals surface area contributed by atoms with Gasteiger partial charge in [0.15, 0.2) is 9.84 Å². The van der Waals surface area contributed by atoms with Gasteiger partial charge in [0.1, 0.15) is 6.04 Å². The van der Waals surface area contributed by atoms with Gasteiger partial charge in [0.25, 0.3) is 11.8 Å². The summed E-state index contributed by atoms with van der Waals surface area (Å²) in [5.41, 5.74) is 2.70. The highest BCUT2D eigenvalue weighted by Crippen LogP contribution is 2.35. The third-order valence-electron chi connectivity index (χ3n) is 6.57. The highest BCUT2D eigenvalue weighted by Gasteiger charge is 2.30. The van der Waals surface area contributed by atoms with Gasteiger partial charge in [0.05, 0.1) is 20.5 Å². The van der Waals surface area contributed by atoms with Gasteiger partial charge in [-0.1, -0.05) is 47.3 Å². The number of nitrogens with zero attached hydrogens (tertiary/aromatic N) is 1. The number of hydrogen-bond donors (Lipinski definition) is 2. The average Bonchev–Trinajstić information content (AvgIpc) is 2.91. The molecule has 40 heavy (non-hydrogen) atoms. The Balaban J connectivity index is 1.55. The van der Waals surface area contributed by atoms with Gasteiger partial charge >= 0.3 is 5.97 Å². The molecule has 0 radical (unpaired) electrons. The van der Waals surface area contributed by atoms with Crippen molar-refractivity contribution < 1.29 is 27.9 Å². The Morgan fingerprint density at radius 1 is 1.12 bits per heavy atom. The van der Waals surface area contributed by atoms with Crippen molar-refractivity contribution in [2.45, 2.75) is 30.3 Å². The van der Waals surface area contributed by atoms with E-state index < -0.39 is 27.8 Å². The van der Waals surface area contributed by atoms with Crippen molar-refractivity contribution >= 4 is 50.8 Å². The molecule has 8 nitrogen and oxygen atoms in total. The maximum atomic E-state index is 13.2. The number of sulfone groups is 1. The fraction of sp³-hybridized carbons (Fsp3) is 0.207. The lowest BCUT2D eigenvalue weighted by Gasteiger charge is -2.30. The first-order chi connectivity index (χ1) is 18.9. The third-order valence-corrected chi connectivity index (χ3v) is 8.39. The number of aliphatic carboxylic acids is 1. The van der Waals surface area contributed by atoms with Crippen molar-refractivity contribution in [3.05, 3.63) is 98.0 Å². The minimum atomic E-state index is -3.50. The van der Waals surface area contributed by atoms with E-state index in [1.54, 1.807) is 41.3 Å². The van der Waals surface area contributed by atoms with Gasteiger partial charge in [0, 0.05) is 36.9 Å². The second-order valence-corrected chi connectivity index (χ2v) is 12.2. The van der Waals surface area contributed by atoms with Crippen LogP contribution in [0.25, 0.3) is 0 Å². The number of fused-ring (bicyclic) bond motifs is 1. The van der Waals surface area contributed by atoms with Crippen LogP contribution >= 0.6 is 23.2 Å². The quantitative estimate of drug-likeness (QED) is 0.396. The Labute approximate surface area is 241 Å². The molecule has 206 valence electrons. The topological polar surface area (TPSA) is 121 Å². The van der Waals surface area contributed by atoms with Crippen LogP contribution in [0.1, 0.15) is 43.0 Å². The first kappa shape index (κ1) is 29.2. The van der Waals surface area contributed by atoms with Crippen LogP contribution in [0.2, 0.25) is 10.0 Å². The summed E-state index contributed by atoms with van der Waals surface area (Å²) in [4.78, 5) is 39.9. The minimum Gasteiger partial charge on any atom is -0.480 e. The Hall–Kier alpha value is -3.84. The van der Waals surface area contributed by atoms with Gasteiger partial charge in [-0.3, -0.25) is 9.59 Å². The predicted molar refractivity (Wildman–Crippen MR) is 151 cm³/mol. The first-order valence-corrected chi connectivity index (χ1v) is 14.7. The molecule has 4 rings (SSSR count). The van der Waals surface area contributed by atoms with Gasteiger partial charge in [-0.15, -0.1) is 6.42 Å². The van der Waals surface area contributed by atoms with Crippen molar-refractivity contribution in [2.24, 2.45) is 0 Å². The second kappa shape index (κ2) is 11.7. The summed E-state index contributed by atoms with van der Waals surface area (Å²) >= 11 is 13.1. The van der Waals surface area contributed by atoms with Crippen LogP contribution in [0.15, 0.2) is 59.5 Å². The van der Waals surface area contributed by atoms with E-state index in [0.717, 1.165) is 6.26 Å². The van der Waals surface area contributed by atoms with Crippen LogP contribution in [-0.2, 0) is 34.0 Å². The summed E-state index contributed by atoms with van der Waals surface area (Å²) in [6, 6.07) is 12.8. The molecule has 11 heteroatoms. The van der Waals surface area contributed by atoms with E-state index >= 15 is 0 Å². The molecule has 0 unspecified atom stereocenters. The van der Waals surface area contributed by atoms with Crippen molar-refractivity contribution in [1.82, 2.24) is 10.2 Å². The lowest BCUT2D eigenvalue weighted by molar-refractivity contribution is -0.139. The molecule has 0 aromatic heterocycles. The zero-order valence-electron chi connectivity index (χ0n) is 21.3. The fourth-order valence-corrected chi connectivity index (χ4v) is 5.98. The third kappa shape index (κ3) is 6.31. The summed E-state index contributed by atoms with van der Waals surface area (Å²) in [6.07, 6.45) is 6.69. The van der Waals surface area contributed by atoms with Gasteiger partial charge < -0.3 is 15.3 Å². The number of benzene rings is 3. The smallest absolute Gasteiger partial charge is 0.326 e. The molecule has 0 fully saturated rings. The van der Waals surface area contributed by atoms with E-state index in [9.17, 15) is 27.9 Å². The van der Waals surface area contributed by atoms with Crippen molar-refractivity contribution in [3.63, 3.8) is 0 Å². The number of terminal acetylenes is 1. The number of rotatable bonds is 7. The summed E-state index contributed by atoms with van der Waals surface area (Å²) < 4.78 is 23.7. The van der Waals surface area contributed by atoms with Crippen LogP contribution in [0, 0.1) is 12.3 Å². The molecular formula is C29H24Cl2N2O6S. The summed E-state index contributed by atoms with van der Waals surface area (Å²) in [5.74, 6) is 0.206. The summed E-state index contributed by atoms with van der Waals surface area (Å²) in [5, 5.41) is 12.3. The molecule has 0 saturated carbocycles. The zero-order valence-corrected chi connectivity index (χ0v) is 23.6. The van der Waals surface area contributed by atoms with Crippen LogP contribution in [0.5, 0.6) is 0 Å². The van der Waals surface area contributed by atoms with Crippen LogP contribution in [-0.4, -0.2) is 55.1 Å². The molecule has 1 atom stereocenters. The SMILES string of the molecule is C#Cc1cccc(C(=O)N2CCc3c(cc(Cl)c(C(=O)N[C@@H](Cc4cccc(S(C)(=O)=O)c4)C(=O)O)c3Cl)C2)c1. The van der Waals surface area contributed by atoms with E-state index in [1.165, 1.54) is 18.2 Å². The van der Waals surface area contributed by atoms with Gasteiger partial charge in [0.2, 0.25) is 0 Å². The second-order valence-electron chi connectivity index (χ2n) is 9.37. The monoisotopic (exact) mass is 598 g/mol. The number of carboxylic acids is 1. The molecule has 3 aromatic carbocycles. The van der Waals surface area contributed by atoms with Gasteiger partial charge in [-0.05, 0) is 59.5 Å². The number of hydrogen-bond acceptors (Lipinski definition) is 5. The molecule has 1 aliphatic heterocycles. The van der Waals surface area contributed by atoms with Crippen LogP contribution < -0.4 is 5.32 Å². The first-order valence-electron chi connectivity index (χ1n) is 12.1. The number of nitrogens with one attached hydrogen (secondary N) is 1. The maximum absolute atomic E-state index is 13.2. The molecule has 0 bridgehead atoms. The normalized spacial score (nSPS) is 13.6. The Bertz CT molecular complexity index is 1680. The average molecular weight is 599 g/mol. The lowest BCUT2D eigenvalue weighted by Crippen LogP contribution is -2.42. The Morgan fingerprint density at radius 2 is 1.85 bits per heavy atom. The van der Waals surface area contributed by atoms with Crippen molar-refractivity contribution in [1.29, 1.82) is 0 Å². The Morgan fingerprint density at radius 3 is 2.52 bits per heavy atom. The molecule has 1 aliphatic rings. The van der Waals surface area contributed by atoms with Crippen molar-refractivity contribution in [3.8, 4) is 12.3 Å². The maximum Gasteiger partial charge on any atom is 0.326 e. The molecule has 1 heterocycles. The Kier molecular flexibility index (Phi) is 8.54. The van der Waals surface area contributed by atoms with Gasteiger partial charge in [-0.2, -0.15) is 0 Å². The molecule has 0 spiro atoms. The molecule has 0 saturated heterocycles. The summed E-state index contributed by atoms with van der Waals surface area (Å²) in [6.45, 7) is 0.549. The van der Waals surface area contributed by atoms with Crippen LogP contribution in [0.3, 0.4) is 0 Å². The standard InChI is InChI=1S/C29H24Cl2N2O6S/c1-3-17-6-4-8-19(12-17)28(35)33-11-10-22-20(16-33)15-23(30)25(26(22)31)27(34)32-24(29(36)37)14-18-7-5-9-21(13-18)40(2,38)39/h1,4-9,12-13,15,24H,10-11,14,16H2,2H3,(H,32,34)(H,36,37)/t24-/m0/s1. The number of carboxylic acid groups (broad SMARTS) is 1. The molecule has 3 aromatic rings. The number of carbonyl (C=O) groups is 3. The largest absolute Gasteiger partial charge is 0.480 e. The van der Waals surface area contributed by atoms with Crippen LogP contribution in [0.4, 0.5) is 0 Å². The minimum absolute atomic E-state index is 0.00749. The van der Waals surface area contributed by atoms with E-state index in [2.05, 4.69) is 11.2 Å². The van der Waals surface area contributed by atoms with E-state index in [1.807, 2.05) is 0 Å². The predicted octanol–water partition coefficient (Wildman–Crippen LogP) is 4.00. The molecule has 2 N–H and O–H groups in total. The number of halogens is 2. The number of carbonyl (C=O) groups excluding carboxylic acids is 2. The zero-order chi connectivity index (χ0) is 29.2. The lowest BCUT2D eigenvalue weighted by atomic mass is 9.95.